The topological polar surface area (TPSA) is 110 Å². The maximum absolute atomic E-state index is 12.7. The lowest BCUT2D eigenvalue weighted by Crippen LogP contribution is -2.48. The number of amides is 1. The number of nitrogens with two attached hydrogens (primary N) is 1. The van der Waals surface area contributed by atoms with E-state index in [2.05, 4.69) is 9.82 Å². The molecule has 0 aromatic carbocycles. The van der Waals surface area contributed by atoms with Crippen molar-refractivity contribution in [3.8, 4) is 0 Å². The van der Waals surface area contributed by atoms with Crippen molar-refractivity contribution in [3.63, 3.8) is 0 Å². The zero-order valence-corrected chi connectivity index (χ0v) is 16.9. The second-order valence-corrected chi connectivity index (χ2v) is 8.29. The Hall–Kier alpha value is -1.16. The number of halogens is 1. The summed E-state index contributed by atoms with van der Waals surface area (Å²) in [6, 6.07) is -0.771. The lowest BCUT2D eigenvalue weighted by molar-refractivity contribution is -0.133. The van der Waals surface area contributed by atoms with Crippen LogP contribution in [-0.2, 0) is 21.9 Å². The van der Waals surface area contributed by atoms with Crippen LogP contribution in [-0.4, -0.2) is 54.2 Å². The molecule has 2 heterocycles. The molecule has 1 aliphatic rings. The monoisotopic (exact) mass is 393 g/mol. The number of carbonyl (C=O) groups excluding carboxylic acids is 1. The maximum Gasteiger partial charge on any atom is 0.244 e. The normalized spacial score (nSPS) is 21.9. The fraction of sp³-hybridized carbons (Fsp3) is 0.733. The van der Waals surface area contributed by atoms with Crippen LogP contribution >= 0.6 is 12.4 Å². The highest BCUT2D eigenvalue weighted by Crippen LogP contribution is 2.24. The van der Waals surface area contributed by atoms with Gasteiger partial charge in [-0.3, -0.25) is 9.48 Å². The number of nitrogens with zero attached hydrogens (tertiary/aromatic N) is 3. The number of carbonyl (C=O) groups is 1. The molecule has 3 unspecified atom stereocenters. The van der Waals surface area contributed by atoms with E-state index in [-0.39, 0.29) is 35.2 Å². The summed E-state index contributed by atoms with van der Waals surface area (Å²) in [6.07, 6.45) is 0.850. The molecule has 0 radical (unpaired) electrons. The molecule has 1 saturated heterocycles. The van der Waals surface area contributed by atoms with Crippen molar-refractivity contribution >= 4 is 28.3 Å². The summed E-state index contributed by atoms with van der Waals surface area (Å²) in [6.45, 7) is 7.97. The van der Waals surface area contributed by atoms with Crippen LogP contribution in [0.4, 0.5) is 0 Å². The van der Waals surface area contributed by atoms with E-state index < -0.39 is 16.1 Å². The number of hydrogen-bond acceptors (Lipinski definition) is 5. The van der Waals surface area contributed by atoms with Crippen LogP contribution in [0.2, 0.25) is 0 Å². The second kappa shape index (κ2) is 8.03. The van der Waals surface area contributed by atoms with Gasteiger partial charge in [0, 0.05) is 19.6 Å². The fourth-order valence-corrected chi connectivity index (χ4v) is 4.99. The van der Waals surface area contributed by atoms with Crippen molar-refractivity contribution in [1.82, 2.24) is 19.4 Å². The first kappa shape index (κ1) is 21.9. The van der Waals surface area contributed by atoms with Crippen molar-refractivity contribution in [1.29, 1.82) is 0 Å². The highest BCUT2D eigenvalue weighted by Gasteiger charge is 2.35. The van der Waals surface area contributed by atoms with Crippen molar-refractivity contribution in [3.05, 3.63) is 11.4 Å². The van der Waals surface area contributed by atoms with E-state index in [1.165, 1.54) is 4.68 Å². The lowest BCUT2D eigenvalue weighted by Gasteiger charge is -2.25. The van der Waals surface area contributed by atoms with Gasteiger partial charge >= 0.3 is 0 Å². The molecule has 2 rings (SSSR count). The highest BCUT2D eigenvalue weighted by atomic mass is 35.5. The van der Waals surface area contributed by atoms with Crippen molar-refractivity contribution in [2.75, 3.05) is 13.1 Å². The zero-order valence-electron chi connectivity index (χ0n) is 15.3. The van der Waals surface area contributed by atoms with E-state index in [1.807, 2.05) is 6.92 Å². The van der Waals surface area contributed by atoms with Gasteiger partial charge in [0.15, 0.2) is 0 Å². The third-order valence-corrected chi connectivity index (χ3v) is 6.48. The van der Waals surface area contributed by atoms with E-state index in [9.17, 15) is 13.2 Å². The van der Waals surface area contributed by atoms with Crippen LogP contribution in [0, 0.1) is 19.8 Å². The summed E-state index contributed by atoms with van der Waals surface area (Å²) in [7, 11) is -2.13. The Morgan fingerprint density at radius 1 is 1.44 bits per heavy atom. The van der Waals surface area contributed by atoms with Crippen LogP contribution in [0.15, 0.2) is 4.90 Å². The number of aromatic nitrogens is 2. The van der Waals surface area contributed by atoms with E-state index in [0.29, 0.717) is 24.5 Å². The van der Waals surface area contributed by atoms with Crippen LogP contribution < -0.4 is 10.5 Å². The quantitative estimate of drug-likeness (QED) is 0.748. The summed E-state index contributed by atoms with van der Waals surface area (Å²) in [5, 5.41) is 4.13. The molecule has 1 amide bonds. The molecule has 0 bridgehead atoms. The van der Waals surface area contributed by atoms with Gasteiger partial charge in [-0.05, 0) is 46.6 Å². The predicted octanol–water partition coefficient (Wildman–Crippen LogP) is 0.321. The molecule has 8 nitrogen and oxygen atoms in total. The Kier molecular flexibility index (Phi) is 7.03. The van der Waals surface area contributed by atoms with Gasteiger partial charge in [-0.15, -0.1) is 12.4 Å². The average Bonchev–Trinajstić information content (AvgIpc) is 2.97. The summed E-state index contributed by atoms with van der Waals surface area (Å²) in [5.41, 5.74) is 6.64. The van der Waals surface area contributed by atoms with Crippen LogP contribution in [0.1, 0.15) is 31.7 Å². The first-order valence-electron chi connectivity index (χ1n) is 8.11. The molecule has 144 valence electrons. The molecule has 25 heavy (non-hydrogen) atoms. The molecule has 0 aliphatic carbocycles. The van der Waals surface area contributed by atoms with Gasteiger partial charge in [0.05, 0.1) is 17.4 Å². The number of aryl methyl sites for hydroxylation is 2. The van der Waals surface area contributed by atoms with Crippen LogP contribution in [0.25, 0.3) is 0 Å². The Morgan fingerprint density at radius 3 is 2.48 bits per heavy atom. The highest BCUT2D eigenvalue weighted by molar-refractivity contribution is 7.89. The molecule has 1 aromatic rings. The number of nitrogens with one attached hydrogen (secondary N) is 1. The zero-order chi connectivity index (χ0) is 18.2. The largest absolute Gasteiger partial charge is 0.338 e. The Balaban J connectivity index is 0.00000312. The summed E-state index contributed by atoms with van der Waals surface area (Å²) < 4.78 is 29.3. The first-order chi connectivity index (χ1) is 11.1. The maximum atomic E-state index is 12.7. The minimum absolute atomic E-state index is 0. The molecule has 3 atom stereocenters. The van der Waals surface area contributed by atoms with Gasteiger partial charge in [0.25, 0.3) is 0 Å². The van der Waals surface area contributed by atoms with Gasteiger partial charge < -0.3 is 10.6 Å². The van der Waals surface area contributed by atoms with E-state index in [4.69, 9.17) is 5.73 Å². The molecule has 1 fully saturated rings. The van der Waals surface area contributed by atoms with E-state index in [0.717, 1.165) is 6.42 Å². The minimum Gasteiger partial charge on any atom is -0.338 e. The van der Waals surface area contributed by atoms with Gasteiger partial charge in [0.2, 0.25) is 15.9 Å². The second-order valence-electron chi connectivity index (χ2n) is 6.64. The average molecular weight is 394 g/mol. The third kappa shape index (κ3) is 4.33. The van der Waals surface area contributed by atoms with E-state index in [1.54, 1.807) is 32.7 Å². The van der Waals surface area contributed by atoms with Gasteiger partial charge in [-0.2, -0.15) is 9.82 Å². The van der Waals surface area contributed by atoms with Crippen LogP contribution in [0.3, 0.4) is 0 Å². The van der Waals surface area contributed by atoms with Gasteiger partial charge in [0.1, 0.15) is 4.90 Å². The SMILES string of the molecule is Cc1nn(C)c(C)c1S(=O)(=O)NC(C)C(=O)N1CC(CN)CC1C.Cl. The van der Waals surface area contributed by atoms with E-state index >= 15 is 0 Å². The third-order valence-electron chi connectivity index (χ3n) is 4.69. The Labute approximate surface area is 155 Å². The summed E-state index contributed by atoms with van der Waals surface area (Å²) >= 11 is 0. The summed E-state index contributed by atoms with van der Waals surface area (Å²) in [5.74, 6) is 0.0526. The smallest absolute Gasteiger partial charge is 0.244 e. The number of sulfonamides is 1. The predicted molar refractivity (Wildman–Crippen MR) is 98.0 cm³/mol. The summed E-state index contributed by atoms with van der Waals surface area (Å²) in [4.78, 5) is 14.5. The van der Waals surface area contributed by atoms with Crippen molar-refractivity contribution in [2.24, 2.45) is 18.7 Å². The first-order valence-corrected chi connectivity index (χ1v) is 9.59. The molecule has 0 spiro atoms. The minimum atomic E-state index is -3.82. The number of rotatable bonds is 5. The molecular weight excluding hydrogens is 366 g/mol. The molecule has 10 heteroatoms. The molecule has 3 N–H and O–H groups in total. The number of hydrogen-bond donors (Lipinski definition) is 2. The van der Waals surface area contributed by atoms with Crippen LogP contribution in [0.5, 0.6) is 0 Å². The molecule has 1 aliphatic heterocycles. The number of likely N-dealkylation sites (tertiary alicyclic amines) is 1. The molecule has 1 aromatic heterocycles. The molecular formula is C15H28ClN5O3S. The van der Waals surface area contributed by atoms with Crippen molar-refractivity contribution < 1.29 is 13.2 Å². The Bertz CT molecular complexity index is 734. The molecule has 0 saturated carbocycles. The van der Waals surface area contributed by atoms with Gasteiger partial charge in [-0.25, -0.2) is 8.42 Å². The standard InChI is InChI=1S/C15H27N5O3S.ClH/c1-9-6-13(7-16)8-20(9)15(21)11(3)18-24(22,23)14-10(2)17-19(5)12(14)4;/h9,11,13,18H,6-8,16H2,1-5H3;1H. The lowest BCUT2D eigenvalue weighted by atomic mass is 10.1. The van der Waals surface area contributed by atoms with Gasteiger partial charge in [-0.1, -0.05) is 0 Å². The fourth-order valence-electron chi connectivity index (χ4n) is 3.35. The van der Waals surface area contributed by atoms with Crippen molar-refractivity contribution in [2.45, 2.75) is 51.1 Å². The Morgan fingerprint density at radius 2 is 2.04 bits per heavy atom.